The molecule has 2 saturated heterocycles. The molecule has 1 N–H and O–H groups in total. The van der Waals surface area contributed by atoms with Crippen LogP contribution in [-0.4, -0.2) is 64.5 Å². The molecule has 3 heterocycles. The molecule has 0 spiro atoms. The number of nitrogens with zero attached hydrogens (tertiary/aromatic N) is 3. The molecule has 9 heteroatoms. The molecule has 6 nitrogen and oxygen atoms in total. The van der Waals surface area contributed by atoms with E-state index in [4.69, 9.17) is 27.9 Å². The SMILES string of the molecule is O=C(c1cccc(-c2cnc[nH]2)c1Cl)N1CCN2C[C@@H](c3ccc(F)c(Cl)c3)OC[C@@H]2C1. The molecule has 2 aliphatic heterocycles. The number of carbonyl (C=O) groups excluding carboxylic acids is 1. The van der Waals surface area contributed by atoms with Crippen LogP contribution in [0, 0.1) is 5.82 Å². The summed E-state index contributed by atoms with van der Waals surface area (Å²) in [6, 6.07) is 10.2. The van der Waals surface area contributed by atoms with E-state index in [0.29, 0.717) is 36.8 Å². The molecule has 0 bridgehead atoms. The lowest BCUT2D eigenvalue weighted by Crippen LogP contribution is -2.59. The Morgan fingerprint density at radius 1 is 1.19 bits per heavy atom. The summed E-state index contributed by atoms with van der Waals surface area (Å²) < 4.78 is 19.5. The highest BCUT2D eigenvalue weighted by atomic mass is 35.5. The number of hydrogen-bond donors (Lipinski definition) is 1. The first-order chi connectivity index (χ1) is 15.5. The maximum atomic E-state index is 13.5. The van der Waals surface area contributed by atoms with Gasteiger partial charge in [-0.3, -0.25) is 9.69 Å². The summed E-state index contributed by atoms with van der Waals surface area (Å²) in [6.07, 6.45) is 3.08. The minimum absolute atomic E-state index is 0.0921. The summed E-state index contributed by atoms with van der Waals surface area (Å²) in [4.78, 5) is 24.5. The van der Waals surface area contributed by atoms with Gasteiger partial charge in [0.25, 0.3) is 5.91 Å². The number of ether oxygens (including phenoxy) is 1. The molecule has 0 radical (unpaired) electrons. The first kappa shape index (κ1) is 21.4. The van der Waals surface area contributed by atoms with Gasteiger partial charge in [0, 0.05) is 31.7 Å². The third-order valence-corrected chi connectivity index (χ3v) is 6.81. The highest BCUT2D eigenvalue weighted by Gasteiger charge is 2.36. The van der Waals surface area contributed by atoms with Crippen molar-refractivity contribution in [1.82, 2.24) is 19.8 Å². The fraction of sp³-hybridized carbons (Fsp3) is 0.304. The molecule has 3 aromatic rings. The van der Waals surface area contributed by atoms with Gasteiger partial charge in [0.05, 0.1) is 52.6 Å². The van der Waals surface area contributed by atoms with Gasteiger partial charge >= 0.3 is 0 Å². The lowest BCUT2D eigenvalue weighted by atomic mass is 10.0. The van der Waals surface area contributed by atoms with Gasteiger partial charge in [-0.15, -0.1) is 0 Å². The van der Waals surface area contributed by atoms with E-state index in [1.807, 2.05) is 17.0 Å². The Labute approximate surface area is 194 Å². The van der Waals surface area contributed by atoms with Crippen LogP contribution in [0.4, 0.5) is 4.39 Å². The second-order valence-electron chi connectivity index (χ2n) is 8.03. The number of piperazine rings is 1. The maximum Gasteiger partial charge on any atom is 0.255 e. The van der Waals surface area contributed by atoms with Crippen molar-refractivity contribution in [3.05, 3.63) is 75.9 Å². The van der Waals surface area contributed by atoms with E-state index in [0.717, 1.165) is 23.4 Å². The summed E-state index contributed by atoms with van der Waals surface area (Å²) >= 11 is 12.5. The number of benzene rings is 2. The minimum Gasteiger partial charge on any atom is -0.370 e. The van der Waals surface area contributed by atoms with Crippen LogP contribution in [-0.2, 0) is 4.74 Å². The highest BCUT2D eigenvalue weighted by Crippen LogP contribution is 2.32. The molecule has 2 aromatic carbocycles. The largest absolute Gasteiger partial charge is 0.370 e. The van der Waals surface area contributed by atoms with Crippen LogP contribution in [0.1, 0.15) is 22.0 Å². The molecule has 2 fully saturated rings. The summed E-state index contributed by atoms with van der Waals surface area (Å²) in [5, 5.41) is 0.509. The van der Waals surface area contributed by atoms with Crippen molar-refractivity contribution < 1.29 is 13.9 Å². The Morgan fingerprint density at radius 2 is 2.06 bits per heavy atom. The third kappa shape index (κ3) is 4.01. The van der Waals surface area contributed by atoms with Crippen LogP contribution >= 0.6 is 23.2 Å². The monoisotopic (exact) mass is 474 g/mol. The molecule has 166 valence electrons. The van der Waals surface area contributed by atoms with Crippen molar-refractivity contribution in [2.24, 2.45) is 0 Å². The Hall–Kier alpha value is -2.45. The van der Waals surface area contributed by atoms with E-state index >= 15 is 0 Å². The molecule has 32 heavy (non-hydrogen) atoms. The standard InChI is InChI=1S/C23H21Cl2FN4O2/c24-18-8-14(4-5-19(18)26)21-11-29-6-7-30(10-15(29)12-32-21)23(31)17-3-1-2-16(22(17)25)20-9-27-13-28-20/h1-5,8-9,13,15,21H,6-7,10-12H2,(H,27,28)/t15-,21-/m0/s1. The number of morpholine rings is 1. The lowest BCUT2D eigenvalue weighted by molar-refractivity contribution is -0.0858. The zero-order valence-corrected chi connectivity index (χ0v) is 18.6. The van der Waals surface area contributed by atoms with Gasteiger partial charge in [0.2, 0.25) is 0 Å². The molecule has 0 unspecified atom stereocenters. The van der Waals surface area contributed by atoms with E-state index in [-0.39, 0.29) is 23.1 Å². The number of imidazole rings is 1. The minimum atomic E-state index is -0.438. The summed E-state index contributed by atoms with van der Waals surface area (Å²) in [7, 11) is 0. The molecule has 1 aromatic heterocycles. The first-order valence-corrected chi connectivity index (χ1v) is 11.1. The van der Waals surface area contributed by atoms with Crippen molar-refractivity contribution in [3.63, 3.8) is 0 Å². The van der Waals surface area contributed by atoms with Gasteiger partial charge in [-0.2, -0.15) is 0 Å². The average molecular weight is 475 g/mol. The van der Waals surface area contributed by atoms with Gasteiger partial charge in [0.15, 0.2) is 0 Å². The van der Waals surface area contributed by atoms with E-state index < -0.39 is 5.82 Å². The maximum absolute atomic E-state index is 13.5. The van der Waals surface area contributed by atoms with E-state index in [1.165, 1.54) is 6.07 Å². The number of amides is 1. The lowest BCUT2D eigenvalue weighted by Gasteiger charge is -2.46. The van der Waals surface area contributed by atoms with Crippen LogP contribution in [0.15, 0.2) is 48.9 Å². The van der Waals surface area contributed by atoms with Crippen LogP contribution in [0.25, 0.3) is 11.3 Å². The fourth-order valence-corrected chi connectivity index (χ4v) is 4.86. The molecule has 0 aliphatic carbocycles. The highest BCUT2D eigenvalue weighted by molar-refractivity contribution is 6.36. The Balaban J connectivity index is 1.28. The second kappa shape index (κ2) is 8.83. The topological polar surface area (TPSA) is 61.5 Å². The summed E-state index contributed by atoms with van der Waals surface area (Å²) in [6.45, 7) is 3.02. The Bertz CT molecular complexity index is 1140. The quantitative estimate of drug-likeness (QED) is 0.610. The van der Waals surface area contributed by atoms with Crippen molar-refractivity contribution in [2.75, 3.05) is 32.8 Å². The van der Waals surface area contributed by atoms with Gasteiger partial charge in [-0.1, -0.05) is 41.4 Å². The number of hydrogen-bond acceptors (Lipinski definition) is 4. The fourth-order valence-electron chi connectivity index (χ4n) is 4.36. The van der Waals surface area contributed by atoms with Crippen LogP contribution in [0.5, 0.6) is 0 Å². The molecule has 0 saturated carbocycles. The number of carbonyl (C=O) groups is 1. The summed E-state index contributed by atoms with van der Waals surface area (Å²) in [5.74, 6) is -0.532. The van der Waals surface area contributed by atoms with Crippen LogP contribution in [0.3, 0.4) is 0 Å². The van der Waals surface area contributed by atoms with Gasteiger partial charge in [-0.25, -0.2) is 9.37 Å². The number of halogens is 3. The average Bonchev–Trinajstić information content (AvgIpc) is 3.34. The predicted molar refractivity (Wildman–Crippen MR) is 120 cm³/mol. The van der Waals surface area contributed by atoms with Crippen molar-refractivity contribution in [3.8, 4) is 11.3 Å². The Morgan fingerprint density at radius 3 is 2.84 bits per heavy atom. The van der Waals surface area contributed by atoms with Gasteiger partial charge < -0.3 is 14.6 Å². The second-order valence-corrected chi connectivity index (χ2v) is 8.81. The zero-order chi connectivity index (χ0) is 22.2. The van der Waals surface area contributed by atoms with E-state index in [9.17, 15) is 9.18 Å². The molecular weight excluding hydrogens is 454 g/mol. The number of aromatic amines is 1. The van der Waals surface area contributed by atoms with Crippen LogP contribution < -0.4 is 0 Å². The molecular formula is C23H21Cl2FN4O2. The molecule has 2 atom stereocenters. The van der Waals surface area contributed by atoms with Crippen molar-refractivity contribution >= 4 is 29.1 Å². The number of aromatic nitrogens is 2. The van der Waals surface area contributed by atoms with Crippen LogP contribution in [0.2, 0.25) is 10.0 Å². The smallest absolute Gasteiger partial charge is 0.255 e. The molecule has 2 aliphatic rings. The van der Waals surface area contributed by atoms with E-state index in [2.05, 4.69) is 14.9 Å². The van der Waals surface area contributed by atoms with E-state index in [1.54, 1.807) is 30.7 Å². The zero-order valence-electron chi connectivity index (χ0n) is 17.1. The summed E-state index contributed by atoms with van der Waals surface area (Å²) in [5.41, 5.74) is 2.84. The Kier molecular flexibility index (Phi) is 5.90. The van der Waals surface area contributed by atoms with Crippen molar-refractivity contribution in [1.29, 1.82) is 0 Å². The predicted octanol–water partition coefficient (Wildman–Crippen LogP) is 4.42. The number of nitrogens with one attached hydrogen (secondary N) is 1. The molecule has 1 amide bonds. The number of rotatable bonds is 3. The van der Waals surface area contributed by atoms with Gasteiger partial charge in [0.1, 0.15) is 5.82 Å². The molecule has 5 rings (SSSR count). The third-order valence-electron chi connectivity index (χ3n) is 6.11. The number of fused-ring (bicyclic) bond motifs is 1. The number of H-pyrrole nitrogens is 1. The normalized spacial score (nSPS) is 21.4. The van der Waals surface area contributed by atoms with Crippen molar-refractivity contribution in [2.45, 2.75) is 12.1 Å². The van der Waals surface area contributed by atoms with Gasteiger partial charge in [-0.05, 0) is 23.8 Å². The first-order valence-electron chi connectivity index (χ1n) is 10.4.